The van der Waals surface area contributed by atoms with E-state index in [0.29, 0.717) is 13.1 Å². The number of urea groups is 1. The Bertz CT molecular complexity index is 372. The number of nitriles is 1. The van der Waals surface area contributed by atoms with Crippen LogP contribution in [0.4, 0.5) is 4.79 Å². The second-order valence-electron chi connectivity index (χ2n) is 5.35. The molecule has 6 nitrogen and oxygen atoms in total. The highest BCUT2D eigenvalue weighted by atomic mass is 16.4. The molecule has 1 aliphatic rings. The van der Waals surface area contributed by atoms with E-state index in [1.807, 2.05) is 19.9 Å². The smallest absolute Gasteiger partial charge is 0.326 e. The minimum Gasteiger partial charge on any atom is -0.480 e. The molecule has 1 fully saturated rings. The van der Waals surface area contributed by atoms with E-state index in [9.17, 15) is 9.59 Å². The lowest BCUT2D eigenvalue weighted by molar-refractivity contribution is -0.139. The summed E-state index contributed by atoms with van der Waals surface area (Å²) in [6.45, 7) is 4.80. The van der Waals surface area contributed by atoms with Crippen LogP contribution in [0.25, 0.3) is 0 Å². The fourth-order valence-electron chi connectivity index (χ4n) is 1.94. The average Bonchev–Trinajstić information content (AvgIpc) is 3.14. The number of amides is 2. The summed E-state index contributed by atoms with van der Waals surface area (Å²) >= 11 is 0. The predicted molar refractivity (Wildman–Crippen MR) is 69.3 cm³/mol. The van der Waals surface area contributed by atoms with E-state index in [4.69, 9.17) is 10.4 Å². The molecule has 0 aromatic heterocycles. The maximum atomic E-state index is 12.1. The van der Waals surface area contributed by atoms with Gasteiger partial charge in [-0.2, -0.15) is 5.26 Å². The van der Waals surface area contributed by atoms with Crippen molar-refractivity contribution in [2.24, 2.45) is 11.8 Å². The van der Waals surface area contributed by atoms with Crippen LogP contribution in [0.15, 0.2) is 0 Å². The molecule has 0 aromatic rings. The van der Waals surface area contributed by atoms with E-state index in [1.165, 1.54) is 4.90 Å². The molecule has 0 radical (unpaired) electrons. The maximum absolute atomic E-state index is 12.1. The summed E-state index contributed by atoms with van der Waals surface area (Å²) in [4.78, 5) is 24.7. The molecule has 1 rings (SSSR count). The molecule has 106 valence electrons. The molecule has 0 heterocycles. The van der Waals surface area contributed by atoms with Crippen molar-refractivity contribution in [3.05, 3.63) is 0 Å². The van der Waals surface area contributed by atoms with Gasteiger partial charge >= 0.3 is 12.0 Å². The number of carboxylic acid groups (broad SMARTS) is 1. The molecule has 1 saturated carbocycles. The molecule has 1 unspecified atom stereocenters. The van der Waals surface area contributed by atoms with Crippen LogP contribution in [-0.2, 0) is 4.79 Å². The monoisotopic (exact) mass is 267 g/mol. The molecule has 0 aromatic carbocycles. The SMILES string of the molecule is CC(C)CN(CCC#N)C(=O)NC(C(=O)O)C1CC1. The van der Waals surface area contributed by atoms with Gasteiger partial charge in [0.2, 0.25) is 0 Å². The first-order valence-electron chi connectivity index (χ1n) is 6.61. The minimum atomic E-state index is -0.986. The van der Waals surface area contributed by atoms with Crippen LogP contribution in [0.5, 0.6) is 0 Å². The normalized spacial score (nSPS) is 15.7. The van der Waals surface area contributed by atoms with Gasteiger partial charge in [-0.1, -0.05) is 13.8 Å². The molecule has 2 N–H and O–H groups in total. The van der Waals surface area contributed by atoms with E-state index >= 15 is 0 Å². The van der Waals surface area contributed by atoms with E-state index in [1.54, 1.807) is 0 Å². The third kappa shape index (κ3) is 5.16. The zero-order chi connectivity index (χ0) is 14.4. The standard InChI is InChI=1S/C13H21N3O3/c1-9(2)8-16(7-3-6-14)13(19)15-11(12(17)18)10-4-5-10/h9-11H,3-5,7-8H2,1-2H3,(H,15,19)(H,17,18). The van der Waals surface area contributed by atoms with E-state index in [-0.39, 0.29) is 24.3 Å². The van der Waals surface area contributed by atoms with Gasteiger partial charge < -0.3 is 15.3 Å². The Kier molecular flexibility index (Phi) is 5.61. The summed E-state index contributed by atoms with van der Waals surface area (Å²) < 4.78 is 0. The number of rotatable bonds is 7. The third-order valence-electron chi connectivity index (χ3n) is 3.00. The molecule has 1 aliphatic carbocycles. The quantitative estimate of drug-likeness (QED) is 0.729. The van der Waals surface area contributed by atoms with Crippen molar-refractivity contribution < 1.29 is 14.7 Å². The Morgan fingerprint density at radius 2 is 2.11 bits per heavy atom. The summed E-state index contributed by atoms with van der Waals surface area (Å²) in [5.41, 5.74) is 0. The van der Waals surface area contributed by atoms with Gasteiger partial charge in [0.25, 0.3) is 0 Å². The van der Waals surface area contributed by atoms with Crippen molar-refractivity contribution in [1.29, 1.82) is 5.26 Å². The van der Waals surface area contributed by atoms with E-state index in [0.717, 1.165) is 12.8 Å². The van der Waals surface area contributed by atoms with Gasteiger partial charge in [-0.15, -0.1) is 0 Å². The molecular formula is C13H21N3O3. The Labute approximate surface area is 113 Å². The number of nitrogens with one attached hydrogen (secondary N) is 1. The zero-order valence-electron chi connectivity index (χ0n) is 11.4. The largest absolute Gasteiger partial charge is 0.480 e. The minimum absolute atomic E-state index is 0.0540. The highest BCUT2D eigenvalue weighted by molar-refractivity contribution is 5.83. The first kappa shape index (κ1) is 15.3. The number of aliphatic carboxylic acids is 1. The number of hydrogen-bond acceptors (Lipinski definition) is 3. The fourth-order valence-corrected chi connectivity index (χ4v) is 1.94. The summed E-state index contributed by atoms with van der Waals surface area (Å²) in [6.07, 6.45) is 1.94. The lowest BCUT2D eigenvalue weighted by atomic mass is 10.2. The fraction of sp³-hybridized carbons (Fsp3) is 0.769. The molecule has 2 amide bonds. The Morgan fingerprint density at radius 3 is 2.53 bits per heavy atom. The highest BCUT2D eigenvalue weighted by Gasteiger charge is 2.38. The van der Waals surface area contributed by atoms with E-state index < -0.39 is 12.0 Å². The van der Waals surface area contributed by atoms with Crippen LogP contribution in [0, 0.1) is 23.2 Å². The molecule has 0 aliphatic heterocycles. The summed E-state index contributed by atoms with van der Waals surface area (Å²) in [5, 5.41) is 20.3. The topological polar surface area (TPSA) is 93.4 Å². The lowest BCUT2D eigenvalue weighted by Gasteiger charge is -2.26. The van der Waals surface area contributed by atoms with Crippen LogP contribution < -0.4 is 5.32 Å². The van der Waals surface area contributed by atoms with Crippen LogP contribution in [-0.4, -0.2) is 41.1 Å². The van der Waals surface area contributed by atoms with E-state index in [2.05, 4.69) is 5.32 Å². The van der Waals surface area contributed by atoms with Crippen molar-refractivity contribution in [1.82, 2.24) is 10.2 Å². The number of carbonyl (C=O) groups excluding carboxylic acids is 1. The Hall–Kier alpha value is -1.77. The molecule has 19 heavy (non-hydrogen) atoms. The second kappa shape index (κ2) is 6.98. The number of carboxylic acids is 1. The van der Waals surface area contributed by atoms with Crippen LogP contribution in [0.1, 0.15) is 33.1 Å². The van der Waals surface area contributed by atoms with Crippen LogP contribution in [0.2, 0.25) is 0 Å². The molecule has 0 bridgehead atoms. The zero-order valence-corrected chi connectivity index (χ0v) is 11.4. The highest BCUT2D eigenvalue weighted by Crippen LogP contribution is 2.32. The molecular weight excluding hydrogens is 246 g/mol. The third-order valence-corrected chi connectivity index (χ3v) is 3.00. The number of carbonyl (C=O) groups is 2. The molecule has 6 heteroatoms. The van der Waals surface area contributed by atoms with Gasteiger partial charge in [-0.25, -0.2) is 9.59 Å². The van der Waals surface area contributed by atoms with Crippen molar-refractivity contribution in [3.8, 4) is 6.07 Å². The summed E-state index contributed by atoms with van der Waals surface area (Å²) in [5.74, 6) is -0.660. The van der Waals surface area contributed by atoms with Crippen molar-refractivity contribution in [3.63, 3.8) is 0 Å². The lowest BCUT2D eigenvalue weighted by Crippen LogP contribution is -2.50. The Balaban J connectivity index is 2.58. The predicted octanol–water partition coefficient (Wildman–Crippen LogP) is 1.43. The molecule has 0 spiro atoms. The van der Waals surface area contributed by atoms with Crippen molar-refractivity contribution in [2.75, 3.05) is 13.1 Å². The average molecular weight is 267 g/mol. The number of hydrogen-bond donors (Lipinski definition) is 2. The summed E-state index contributed by atoms with van der Waals surface area (Å²) in [7, 11) is 0. The van der Waals surface area contributed by atoms with Gasteiger partial charge in [0.1, 0.15) is 6.04 Å². The first-order valence-corrected chi connectivity index (χ1v) is 6.61. The van der Waals surface area contributed by atoms with Crippen LogP contribution in [0.3, 0.4) is 0 Å². The second-order valence-corrected chi connectivity index (χ2v) is 5.35. The van der Waals surface area contributed by atoms with Crippen molar-refractivity contribution in [2.45, 2.75) is 39.2 Å². The Morgan fingerprint density at radius 1 is 1.47 bits per heavy atom. The number of nitrogens with zero attached hydrogens (tertiary/aromatic N) is 2. The summed E-state index contributed by atoms with van der Waals surface area (Å²) in [6, 6.07) is 0.812. The molecule has 0 saturated heterocycles. The van der Waals surface area contributed by atoms with Crippen LogP contribution >= 0.6 is 0 Å². The van der Waals surface area contributed by atoms with Gasteiger partial charge in [0.05, 0.1) is 12.5 Å². The molecule has 1 atom stereocenters. The van der Waals surface area contributed by atoms with Gasteiger partial charge in [0, 0.05) is 13.1 Å². The van der Waals surface area contributed by atoms with Gasteiger partial charge in [-0.3, -0.25) is 0 Å². The van der Waals surface area contributed by atoms with Gasteiger partial charge in [0.15, 0.2) is 0 Å². The van der Waals surface area contributed by atoms with Crippen molar-refractivity contribution >= 4 is 12.0 Å². The van der Waals surface area contributed by atoms with Gasteiger partial charge in [-0.05, 0) is 24.7 Å². The first-order chi connectivity index (χ1) is 8.95. The maximum Gasteiger partial charge on any atom is 0.326 e.